The molecule has 0 radical (unpaired) electrons. The lowest BCUT2D eigenvalue weighted by molar-refractivity contribution is 0.305. The van der Waals surface area contributed by atoms with Crippen LogP contribution in [0.4, 0.5) is 4.39 Å². The number of halogens is 2. The van der Waals surface area contributed by atoms with E-state index in [0.29, 0.717) is 39.1 Å². The van der Waals surface area contributed by atoms with Crippen LogP contribution in [0.15, 0.2) is 128 Å². The Morgan fingerprint density at radius 2 is 1.71 bits per heavy atom. The molecule has 7 rings (SSSR count). The number of hydrogen-bond donors (Lipinski definition) is 0. The van der Waals surface area contributed by atoms with Gasteiger partial charge >= 0.3 is 0 Å². The van der Waals surface area contributed by atoms with Gasteiger partial charge in [0.1, 0.15) is 23.8 Å². The summed E-state index contributed by atoms with van der Waals surface area (Å²) >= 11 is 3.50. The fourth-order valence-electron chi connectivity index (χ4n) is 4.95. The van der Waals surface area contributed by atoms with Crippen LogP contribution >= 0.6 is 15.9 Å². The Labute approximate surface area is 247 Å². The van der Waals surface area contributed by atoms with Gasteiger partial charge in [-0.1, -0.05) is 70.5 Å². The zero-order valence-corrected chi connectivity index (χ0v) is 23.6. The normalized spacial score (nSPS) is 11.7. The molecule has 204 valence electrons. The molecule has 0 saturated heterocycles. The summed E-state index contributed by atoms with van der Waals surface area (Å²) in [7, 11) is 0. The Morgan fingerprint density at radius 3 is 2.60 bits per heavy atom. The van der Waals surface area contributed by atoms with Gasteiger partial charge in [0.2, 0.25) is 5.82 Å². The van der Waals surface area contributed by atoms with E-state index in [2.05, 4.69) is 21.0 Å². The van der Waals surface area contributed by atoms with Crippen molar-refractivity contribution in [2.75, 3.05) is 0 Å². The third-order valence-corrected chi connectivity index (χ3v) is 7.46. The fraction of sp³-hybridized carbons (Fsp3) is 0.0294. The Hall–Kier alpha value is -5.08. The van der Waals surface area contributed by atoms with Crippen molar-refractivity contribution in [2.24, 2.45) is 5.10 Å². The van der Waals surface area contributed by atoms with E-state index in [9.17, 15) is 9.18 Å². The van der Waals surface area contributed by atoms with Crippen molar-refractivity contribution < 1.29 is 13.5 Å². The molecule has 2 aromatic heterocycles. The molecule has 6 nitrogen and oxygen atoms in total. The van der Waals surface area contributed by atoms with E-state index in [4.69, 9.17) is 14.1 Å². The summed E-state index contributed by atoms with van der Waals surface area (Å²) in [5.41, 5.74) is 2.22. The lowest BCUT2D eigenvalue weighted by Gasteiger charge is -2.12. The van der Waals surface area contributed by atoms with Crippen LogP contribution in [0.25, 0.3) is 44.2 Å². The molecule has 0 saturated carbocycles. The maximum absolute atomic E-state index is 13.8. The topological polar surface area (TPSA) is 69.6 Å². The van der Waals surface area contributed by atoms with Gasteiger partial charge in [0, 0.05) is 15.4 Å². The Bertz CT molecular complexity index is 2220. The first-order valence-corrected chi connectivity index (χ1v) is 14.0. The zero-order valence-electron chi connectivity index (χ0n) is 22.0. The maximum Gasteiger partial charge on any atom is 0.282 e. The quantitative estimate of drug-likeness (QED) is 0.176. The third-order valence-electron chi connectivity index (χ3n) is 6.97. The first-order chi connectivity index (χ1) is 20.5. The van der Waals surface area contributed by atoms with Crippen LogP contribution in [0.1, 0.15) is 11.1 Å². The number of aromatic nitrogens is 2. The largest absolute Gasteiger partial charge is 0.488 e. The van der Waals surface area contributed by atoms with E-state index in [0.717, 1.165) is 20.6 Å². The van der Waals surface area contributed by atoms with E-state index in [-0.39, 0.29) is 23.8 Å². The van der Waals surface area contributed by atoms with Gasteiger partial charge in [-0.3, -0.25) is 4.79 Å². The van der Waals surface area contributed by atoms with Crippen molar-refractivity contribution in [3.05, 3.63) is 141 Å². The monoisotopic (exact) mass is 617 g/mol. The minimum atomic E-state index is -0.337. The van der Waals surface area contributed by atoms with Crippen molar-refractivity contribution in [1.82, 2.24) is 9.66 Å². The average Bonchev–Trinajstić information content (AvgIpc) is 3.43. The molecule has 0 aliphatic carbocycles. The van der Waals surface area contributed by atoms with Crippen molar-refractivity contribution in [3.63, 3.8) is 0 Å². The molecule has 42 heavy (non-hydrogen) atoms. The van der Waals surface area contributed by atoms with Gasteiger partial charge in [-0.25, -0.2) is 9.37 Å². The minimum absolute atomic E-state index is 0.161. The summed E-state index contributed by atoms with van der Waals surface area (Å²) in [6.45, 7) is 0.161. The van der Waals surface area contributed by atoms with Gasteiger partial charge in [-0.15, -0.1) is 0 Å². The first-order valence-electron chi connectivity index (χ1n) is 13.2. The molecular formula is C34H21BrFN3O3. The molecule has 0 unspecified atom stereocenters. The second-order valence-electron chi connectivity index (χ2n) is 9.72. The van der Waals surface area contributed by atoms with Gasteiger partial charge < -0.3 is 9.15 Å². The van der Waals surface area contributed by atoms with Crippen molar-refractivity contribution >= 4 is 54.8 Å². The number of furan rings is 1. The number of rotatable bonds is 6. The highest BCUT2D eigenvalue weighted by Gasteiger charge is 2.17. The molecule has 0 N–H and O–H groups in total. The molecule has 0 aliphatic rings. The minimum Gasteiger partial charge on any atom is -0.488 e. The fourth-order valence-corrected chi connectivity index (χ4v) is 5.33. The van der Waals surface area contributed by atoms with Crippen LogP contribution in [-0.2, 0) is 6.61 Å². The van der Waals surface area contributed by atoms with E-state index in [1.165, 1.54) is 16.8 Å². The molecule has 0 aliphatic heterocycles. The smallest absolute Gasteiger partial charge is 0.282 e. The van der Waals surface area contributed by atoms with Crippen LogP contribution in [0.3, 0.4) is 0 Å². The maximum atomic E-state index is 13.8. The molecule has 0 spiro atoms. The highest BCUT2D eigenvalue weighted by Crippen LogP contribution is 2.30. The number of benzene rings is 5. The molecule has 0 atom stereocenters. The number of hydrogen-bond acceptors (Lipinski definition) is 5. The van der Waals surface area contributed by atoms with Crippen LogP contribution in [0.2, 0.25) is 0 Å². The van der Waals surface area contributed by atoms with Crippen molar-refractivity contribution in [3.8, 4) is 17.3 Å². The standard InChI is InChI=1S/C34H21BrFN3O3/c35-24-13-15-30-23(17-24)18-32(42-30)33-38-29-11-4-3-10-27(29)34(40)39(33)37-19-28-26-9-2-1-7-22(26)12-14-31(28)41-20-21-6-5-8-25(36)16-21/h1-19H,20H2. The molecule has 0 fully saturated rings. The van der Waals surface area contributed by atoms with E-state index < -0.39 is 0 Å². The third kappa shape index (κ3) is 4.86. The summed E-state index contributed by atoms with van der Waals surface area (Å²) in [5, 5.41) is 7.83. The number of fused-ring (bicyclic) bond motifs is 3. The Morgan fingerprint density at radius 1 is 0.881 bits per heavy atom. The number of para-hydroxylation sites is 1. The summed E-state index contributed by atoms with van der Waals surface area (Å²) in [6.07, 6.45) is 1.60. The van der Waals surface area contributed by atoms with Gasteiger partial charge in [0.05, 0.1) is 17.1 Å². The second-order valence-corrected chi connectivity index (χ2v) is 10.6. The van der Waals surface area contributed by atoms with Crippen LogP contribution in [0.5, 0.6) is 5.75 Å². The summed E-state index contributed by atoms with van der Waals surface area (Å²) in [4.78, 5) is 18.6. The Kier molecular flexibility index (Phi) is 6.60. The van der Waals surface area contributed by atoms with Crippen LogP contribution in [0, 0.1) is 5.82 Å². The van der Waals surface area contributed by atoms with Gasteiger partial charge in [-0.2, -0.15) is 9.78 Å². The SMILES string of the molecule is O=c1c2ccccc2nc(-c2cc3cc(Br)ccc3o2)n1N=Cc1c(OCc2cccc(F)c2)ccc2ccccc12. The molecule has 7 aromatic rings. The van der Waals surface area contributed by atoms with E-state index in [1.807, 2.05) is 66.7 Å². The highest BCUT2D eigenvalue weighted by atomic mass is 79.9. The molecular weight excluding hydrogens is 597 g/mol. The van der Waals surface area contributed by atoms with E-state index >= 15 is 0 Å². The molecule has 2 heterocycles. The predicted octanol–water partition coefficient (Wildman–Crippen LogP) is 8.33. The predicted molar refractivity (Wildman–Crippen MR) is 167 cm³/mol. The second kappa shape index (κ2) is 10.7. The lowest BCUT2D eigenvalue weighted by Crippen LogP contribution is -2.20. The van der Waals surface area contributed by atoms with Crippen molar-refractivity contribution in [1.29, 1.82) is 0 Å². The Balaban J connectivity index is 1.38. The molecule has 0 bridgehead atoms. The van der Waals surface area contributed by atoms with Crippen molar-refractivity contribution in [2.45, 2.75) is 6.61 Å². The highest BCUT2D eigenvalue weighted by molar-refractivity contribution is 9.10. The lowest BCUT2D eigenvalue weighted by atomic mass is 10.0. The number of nitrogens with zero attached hydrogens (tertiary/aromatic N) is 3. The zero-order chi connectivity index (χ0) is 28.6. The average molecular weight is 618 g/mol. The summed E-state index contributed by atoms with van der Waals surface area (Å²) in [5.74, 6) is 0.886. The molecule has 0 amide bonds. The molecule has 8 heteroatoms. The summed E-state index contributed by atoms with van der Waals surface area (Å²) < 4.78 is 28.2. The van der Waals surface area contributed by atoms with Crippen LogP contribution in [-0.4, -0.2) is 15.9 Å². The first kappa shape index (κ1) is 25.9. The molecule has 5 aromatic carbocycles. The van der Waals surface area contributed by atoms with Gasteiger partial charge in [0.25, 0.3) is 5.56 Å². The van der Waals surface area contributed by atoms with Gasteiger partial charge in [-0.05, 0) is 70.9 Å². The van der Waals surface area contributed by atoms with Gasteiger partial charge in [0.15, 0.2) is 5.76 Å². The number of ether oxygens (including phenoxy) is 1. The van der Waals surface area contributed by atoms with Crippen LogP contribution < -0.4 is 10.3 Å². The van der Waals surface area contributed by atoms with E-state index in [1.54, 1.807) is 36.5 Å². The summed E-state index contributed by atoms with van der Waals surface area (Å²) in [6, 6.07) is 32.6.